The number of amides is 2. The number of methoxy groups -OCH3 is 1. The summed E-state index contributed by atoms with van der Waals surface area (Å²) in [7, 11) is 1.64. The summed E-state index contributed by atoms with van der Waals surface area (Å²) in [6, 6.07) is -0.459. The van der Waals surface area contributed by atoms with Gasteiger partial charge in [-0.1, -0.05) is 12.2 Å². The van der Waals surface area contributed by atoms with Crippen molar-refractivity contribution >= 4 is 12.0 Å². The van der Waals surface area contributed by atoms with Gasteiger partial charge in [0.1, 0.15) is 11.6 Å². The molecule has 0 N–H and O–H groups in total. The van der Waals surface area contributed by atoms with Gasteiger partial charge in [0.2, 0.25) is 5.91 Å². The molecule has 2 rings (SSSR count). The van der Waals surface area contributed by atoms with Crippen molar-refractivity contribution in [3.8, 4) is 0 Å². The summed E-state index contributed by atoms with van der Waals surface area (Å²) >= 11 is 0. The van der Waals surface area contributed by atoms with Gasteiger partial charge in [0.15, 0.2) is 0 Å². The van der Waals surface area contributed by atoms with E-state index in [0.717, 1.165) is 19.4 Å². The summed E-state index contributed by atoms with van der Waals surface area (Å²) in [4.78, 5) is 28.4. The van der Waals surface area contributed by atoms with Crippen molar-refractivity contribution in [3.05, 3.63) is 12.2 Å². The summed E-state index contributed by atoms with van der Waals surface area (Å²) < 4.78 is 10.6. The number of ether oxygens (including phenoxy) is 2. The Kier molecular flexibility index (Phi) is 5.11. The summed E-state index contributed by atoms with van der Waals surface area (Å²) in [6.07, 6.45) is 5.10. The number of nitrogens with zero attached hydrogens (tertiary/aromatic N) is 2. The monoisotopic (exact) mass is 310 g/mol. The molecule has 1 fully saturated rings. The van der Waals surface area contributed by atoms with E-state index in [9.17, 15) is 9.59 Å². The van der Waals surface area contributed by atoms with E-state index in [0.29, 0.717) is 13.2 Å². The molecule has 2 aliphatic heterocycles. The predicted octanol–water partition coefficient (Wildman–Crippen LogP) is 1.80. The minimum atomic E-state index is -0.570. The fraction of sp³-hybridized carbons (Fsp3) is 0.750. The lowest BCUT2D eigenvalue weighted by atomic mass is 10.2. The molecule has 2 unspecified atom stereocenters. The maximum Gasteiger partial charge on any atom is 0.411 e. The molecule has 2 amide bonds. The zero-order valence-electron chi connectivity index (χ0n) is 13.9. The number of rotatable bonds is 3. The highest BCUT2D eigenvalue weighted by Gasteiger charge is 2.39. The highest BCUT2D eigenvalue weighted by atomic mass is 16.6. The minimum Gasteiger partial charge on any atom is -0.444 e. The van der Waals surface area contributed by atoms with E-state index >= 15 is 0 Å². The normalized spacial score (nSPS) is 24.9. The zero-order valence-corrected chi connectivity index (χ0v) is 13.9. The number of hydrogen-bond acceptors (Lipinski definition) is 4. The Bertz CT molecular complexity index is 456. The molecule has 0 aromatic carbocycles. The lowest BCUT2D eigenvalue weighted by molar-refractivity contribution is -0.136. The predicted molar refractivity (Wildman–Crippen MR) is 82.5 cm³/mol. The van der Waals surface area contributed by atoms with Crippen LogP contribution in [0.4, 0.5) is 4.79 Å². The third kappa shape index (κ3) is 3.80. The molecular formula is C16H26N2O4. The fourth-order valence-corrected chi connectivity index (χ4v) is 2.91. The van der Waals surface area contributed by atoms with Crippen molar-refractivity contribution in [2.75, 3.05) is 26.8 Å². The quantitative estimate of drug-likeness (QED) is 0.746. The standard InChI is InChI=1S/C16H26N2O4/c1-16(2,3)22-15(20)18-10-6-8-13(18)14(19)17-9-5-7-12(17)11-21-4/h6,8,12-13H,5,7,9-11H2,1-4H3. The Hall–Kier alpha value is -1.56. The van der Waals surface area contributed by atoms with Crippen LogP contribution in [0.25, 0.3) is 0 Å². The first-order valence-electron chi connectivity index (χ1n) is 7.79. The van der Waals surface area contributed by atoms with Gasteiger partial charge in [-0.25, -0.2) is 4.79 Å². The molecule has 0 spiro atoms. The van der Waals surface area contributed by atoms with E-state index in [1.54, 1.807) is 13.2 Å². The molecular weight excluding hydrogens is 284 g/mol. The molecule has 6 heteroatoms. The molecule has 1 saturated heterocycles. The van der Waals surface area contributed by atoms with Gasteiger partial charge < -0.3 is 14.4 Å². The third-order valence-corrected chi connectivity index (χ3v) is 3.86. The van der Waals surface area contributed by atoms with Crippen LogP contribution in [0.5, 0.6) is 0 Å². The number of carbonyl (C=O) groups is 2. The van der Waals surface area contributed by atoms with Crippen LogP contribution in [0.1, 0.15) is 33.6 Å². The summed E-state index contributed by atoms with van der Waals surface area (Å²) in [5, 5.41) is 0. The molecule has 0 aliphatic carbocycles. The van der Waals surface area contributed by atoms with Crippen molar-refractivity contribution in [1.29, 1.82) is 0 Å². The van der Waals surface area contributed by atoms with E-state index in [2.05, 4.69) is 0 Å². The second-order valence-corrected chi connectivity index (χ2v) is 6.79. The average Bonchev–Trinajstić information content (AvgIpc) is 3.04. The fourth-order valence-electron chi connectivity index (χ4n) is 2.91. The summed E-state index contributed by atoms with van der Waals surface area (Å²) in [6.45, 7) is 7.13. The van der Waals surface area contributed by atoms with Gasteiger partial charge in [-0.15, -0.1) is 0 Å². The molecule has 2 atom stereocenters. The van der Waals surface area contributed by atoms with Crippen molar-refractivity contribution < 1.29 is 19.1 Å². The molecule has 22 heavy (non-hydrogen) atoms. The zero-order chi connectivity index (χ0) is 16.3. The van der Waals surface area contributed by atoms with Gasteiger partial charge in [-0.3, -0.25) is 9.69 Å². The van der Waals surface area contributed by atoms with Crippen LogP contribution >= 0.6 is 0 Å². The highest BCUT2D eigenvalue weighted by Crippen LogP contribution is 2.23. The molecule has 2 aliphatic rings. The van der Waals surface area contributed by atoms with Crippen LogP contribution < -0.4 is 0 Å². The lowest BCUT2D eigenvalue weighted by Gasteiger charge is -2.32. The lowest BCUT2D eigenvalue weighted by Crippen LogP contribution is -2.51. The van der Waals surface area contributed by atoms with Crippen LogP contribution in [-0.4, -0.2) is 66.3 Å². The third-order valence-electron chi connectivity index (χ3n) is 3.86. The second kappa shape index (κ2) is 6.69. The second-order valence-electron chi connectivity index (χ2n) is 6.79. The van der Waals surface area contributed by atoms with Crippen LogP contribution in [0.2, 0.25) is 0 Å². The van der Waals surface area contributed by atoms with Gasteiger partial charge in [0, 0.05) is 20.2 Å². The van der Waals surface area contributed by atoms with Gasteiger partial charge in [0.05, 0.1) is 12.6 Å². The SMILES string of the molecule is COCC1CCCN1C(=O)C1C=CCN1C(=O)OC(C)(C)C. The minimum absolute atomic E-state index is 0.0424. The van der Waals surface area contributed by atoms with Gasteiger partial charge in [-0.05, 0) is 33.6 Å². The molecule has 2 heterocycles. The first-order chi connectivity index (χ1) is 10.3. The van der Waals surface area contributed by atoms with Crippen molar-refractivity contribution in [1.82, 2.24) is 9.80 Å². The molecule has 0 saturated carbocycles. The molecule has 0 aromatic heterocycles. The van der Waals surface area contributed by atoms with E-state index in [4.69, 9.17) is 9.47 Å². The number of likely N-dealkylation sites (tertiary alicyclic amines) is 1. The summed E-state index contributed by atoms with van der Waals surface area (Å²) in [5.41, 5.74) is -0.570. The average molecular weight is 310 g/mol. The van der Waals surface area contributed by atoms with Crippen LogP contribution in [0.15, 0.2) is 12.2 Å². The summed E-state index contributed by atoms with van der Waals surface area (Å²) in [5.74, 6) is -0.0424. The Labute approximate surface area is 132 Å². The maximum atomic E-state index is 12.8. The molecule has 6 nitrogen and oxygen atoms in total. The van der Waals surface area contributed by atoms with Crippen molar-refractivity contribution in [3.63, 3.8) is 0 Å². The van der Waals surface area contributed by atoms with Crippen molar-refractivity contribution in [2.24, 2.45) is 0 Å². The molecule has 0 bridgehead atoms. The number of carbonyl (C=O) groups excluding carboxylic acids is 2. The smallest absolute Gasteiger partial charge is 0.411 e. The molecule has 124 valence electrons. The van der Waals surface area contributed by atoms with E-state index < -0.39 is 17.7 Å². The largest absolute Gasteiger partial charge is 0.444 e. The van der Waals surface area contributed by atoms with Gasteiger partial charge >= 0.3 is 6.09 Å². The van der Waals surface area contributed by atoms with Crippen molar-refractivity contribution in [2.45, 2.75) is 51.3 Å². The Morgan fingerprint density at radius 1 is 1.27 bits per heavy atom. The van der Waals surface area contributed by atoms with Crippen LogP contribution in [0, 0.1) is 0 Å². The first kappa shape index (κ1) is 16.8. The Morgan fingerprint density at radius 3 is 2.64 bits per heavy atom. The van der Waals surface area contributed by atoms with Crippen LogP contribution in [-0.2, 0) is 14.3 Å². The van der Waals surface area contributed by atoms with E-state index in [1.807, 2.05) is 31.7 Å². The maximum absolute atomic E-state index is 12.8. The van der Waals surface area contributed by atoms with Gasteiger partial charge in [0.25, 0.3) is 0 Å². The molecule has 0 radical (unpaired) electrons. The number of hydrogen-bond donors (Lipinski definition) is 0. The highest BCUT2D eigenvalue weighted by molar-refractivity contribution is 5.89. The van der Waals surface area contributed by atoms with Crippen LogP contribution in [0.3, 0.4) is 0 Å². The first-order valence-corrected chi connectivity index (χ1v) is 7.79. The Morgan fingerprint density at radius 2 is 2.00 bits per heavy atom. The topological polar surface area (TPSA) is 59.1 Å². The Balaban J connectivity index is 2.04. The van der Waals surface area contributed by atoms with E-state index in [-0.39, 0.29) is 11.9 Å². The van der Waals surface area contributed by atoms with Gasteiger partial charge in [-0.2, -0.15) is 0 Å². The van der Waals surface area contributed by atoms with E-state index in [1.165, 1.54) is 4.90 Å². The molecule has 0 aromatic rings.